The highest BCUT2D eigenvalue weighted by Gasteiger charge is 2.11. The Labute approximate surface area is 124 Å². The number of carboxylic acid groups (broad SMARTS) is 1. The fraction of sp³-hybridized carbons (Fsp3) is 0.333. The smallest absolute Gasteiger partial charge is 0.358 e. The second-order valence-electron chi connectivity index (χ2n) is 4.13. The highest BCUT2D eigenvalue weighted by Crippen LogP contribution is 2.13. The Kier molecular flexibility index (Phi) is 4.99. The molecule has 0 fully saturated rings. The lowest BCUT2D eigenvalue weighted by molar-refractivity contribution is 0.0690. The van der Waals surface area contributed by atoms with Crippen molar-refractivity contribution < 1.29 is 19.1 Å². The Balaban J connectivity index is 1.81. The molecule has 112 valence electrons. The lowest BCUT2D eigenvalue weighted by Gasteiger charge is -2.02. The fourth-order valence-corrected chi connectivity index (χ4v) is 2.04. The molecular formula is C12H14N4O4S. The number of rotatable bonds is 7. The van der Waals surface area contributed by atoms with Crippen molar-refractivity contribution in [3.63, 3.8) is 0 Å². The molecule has 2 heterocycles. The summed E-state index contributed by atoms with van der Waals surface area (Å²) in [7, 11) is 0. The van der Waals surface area contributed by atoms with Gasteiger partial charge in [-0.25, -0.2) is 9.48 Å². The zero-order valence-electron chi connectivity index (χ0n) is 11.3. The first-order valence-electron chi connectivity index (χ1n) is 6.09. The van der Waals surface area contributed by atoms with Gasteiger partial charge in [-0.05, 0) is 18.4 Å². The summed E-state index contributed by atoms with van der Waals surface area (Å²) in [5.41, 5.74) is -0.130. The molecule has 2 aromatic rings. The van der Waals surface area contributed by atoms with Gasteiger partial charge >= 0.3 is 5.97 Å². The summed E-state index contributed by atoms with van der Waals surface area (Å²) >= 11 is 1.61. The van der Waals surface area contributed by atoms with Crippen molar-refractivity contribution in [3.8, 4) is 0 Å². The van der Waals surface area contributed by atoms with Crippen molar-refractivity contribution in [1.29, 1.82) is 0 Å². The monoisotopic (exact) mass is 310 g/mol. The number of furan rings is 1. The summed E-state index contributed by atoms with van der Waals surface area (Å²) in [5, 5.41) is 18.5. The van der Waals surface area contributed by atoms with E-state index in [9.17, 15) is 9.59 Å². The average Bonchev–Trinajstić information content (AvgIpc) is 3.08. The van der Waals surface area contributed by atoms with Crippen molar-refractivity contribution in [3.05, 3.63) is 35.5 Å². The van der Waals surface area contributed by atoms with Crippen LogP contribution in [0.3, 0.4) is 0 Å². The maximum Gasteiger partial charge on any atom is 0.358 e. The largest absolute Gasteiger partial charge is 0.476 e. The number of hydrogen-bond donors (Lipinski definition) is 2. The molecule has 0 aromatic carbocycles. The van der Waals surface area contributed by atoms with Crippen LogP contribution in [0.1, 0.15) is 26.8 Å². The van der Waals surface area contributed by atoms with Gasteiger partial charge in [0.25, 0.3) is 5.91 Å². The second-order valence-corrected chi connectivity index (χ2v) is 4.99. The summed E-state index contributed by atoms with van der Waals surface area (Å²) in [6.45, 7) is 0.615. The van der Waals surface area contributed by atoms with Crippen LogP contribution >= 0.6 is 11.8 Å². The summed E-state index contributed by atoms with van der Waals surface area (Å²) in [5.74, 6) is 0.256. The van der Waals surface area contributed by atoms with E-state index in [4.69, 9.17) is 9.52 Å². The molecule has 0 radical (unpaired) electrons. The van der Waals surface area contributed by atoms with Crippen LogP contribution in [-0.2, 0) is 12.3 Å². The van der Waals surface area contributed by atoms with E-state index in [-0.39, 0.29) is 17.4 Å². The van der Waals surface area contributed by atoms with Crippen molar-refractivity contribution in [2.75, 3.05) is 12.8 Å². The van der Waals surface area contributed by atoms with Crippen LogP contribution < -0.4 is 5.32 Å². The Bertz CT molecular complexity index is 637. The summed E-state index contributed by atoms with van der Waals surface area (Å²) in [6.07, 6.45) is 3.25. The van der Waals surface area contributed by atoms with Gasteiger partial charge in [0, 0.05) is 6.54 Å². The van der Waals surface area contributed by atoms with E-state index < -0.39 is 5.97 Å². The molecule has 0 atom stereocenters. The number of hydrogen-bond acceptors (Lipinski definition) is 6. The first kappa shape index (κ1) is 15.1. The number of carbonyl (C=O) groups excluding carboxylic acids is 1. The Morgan fingerprint density at radius 1 is 1.48 bits per heavy atom. The lowest BCUT2D eigenvalue weighted by Crippen LogP contribution is -2.27. The normalized spacial score (nSPS) is 10.5. The molecule has 1 amide bonds. The van der Waals surface area contributed by atoms with E-state index in [2.05, 4.69) is 15.6 Å². The molecule has 0 aliphatic heterocycles. The zero-order chi connectivity index (χ0) is 15.2. The number of amides is 1. The van der Waals surface area contributed by atoms with Crippen LogP contribution in [-0.4, -0.2) is 44.8 Å². The predicted molar refractivity (Wildman–Crippen MR) is 75.2 cm³/mol. The van der Waals surface area contributed by atoms with Gasteiger partial charge in [0.15, 0.2) is 11.5 Å². The van der Waals surface area contributed by atoms with E-state index in [1.54, 1.807) is 23.9 Å². The topological polar surface area (TPSA) is 110 Å². The third-order valence-electron chi connectivity index (χ3n) is 2.56. The van der Waals surface area contributed by atoms with Crippen LogP contribution in [0.4, 0.5) is 0 Å². The SMILES string of the molecule is CSCc1ccc(C(=O)NCCn2cc(C(=O)O)nn2)o1. The third kappa shape index (κ3) is 4.09. The van der Waals surface area contributed by atoms with Crippen LogP contribution in [0.2, 0.25) is 0 Å². The molecule has 0 saturated carbocycles. The van der Waals surface area contributed by atoms with Gasteiger partial charge in [-0.15, -0.1) is 5.10 Å². The second kappa shape index (κ2) is 6.93. The quantitative estimate of drug-likeness (QED) is 0.780. The van der Waals surface area contributed by atoms with Gasteiger partial charge < -0.3 is 14.8 Å². The fourth-order valence-electron chi connectivity index (χ4n) is 1.60. The predicted octanol–water partition coefficient (Wildman–Crippen LogP) is 0.862. The van der Waals surface area contributed by atoms with Crippen LogP contribution in [0.15, 0.2) is 22.7 Å². The van der Waals surface area contributed by atoms with Gasteiger partial charge in [0.2, 0.25) is 0 Å². The van der Waals surface area contributed by atoms with Crippen molar-refractivity contribution in [1.82, 2.24) is 20.3 Å². The average molecular weight is 310 g/mol. The summed E-state index contributed by atoms with van der Waals surface area (Å²) in [4.78, 5) is 22.5. The van der Waals surface area contributed by atoms with Crippen molar-refractivity contribution in [2.24, 2.45) is 0 Å². The standard InChI is InChI=1S/C12H14N4O4S/c1-21-7-8-2-3-10(20-8)11(17)13-4-5-16-6-9(12(18)19)14-15-16/h2-3,6H,4-5,7H2,1H3,(H,13,17)(H,18,19). The maximum atomic E-state index is 11.8. The number of nitrogens with one attached hydrogen (secondary N) is 1. The Morgan fingerprint density at radius 2 is 2.29 bits per heavy atom. The molecular weight excluding hydrogens is 296 g/mol. The number of carboxylic acids is 1. The Hall–Kier alpha value is -2.29. The van der Waals surface area contributed by atoms with E-state index in [1.165, 1.54) is 10.9 Å². The maximum absolute atomic E-state index is 11.8. The number of aromatic carboxylic acids is 1. The summed E-state index contributed by atoms with van der Waals surface area (Å²) < 4.78 is 6.73. The van der Waals surface area contributed by atoms with Crippen LogP contribution in [0.5, 0.6) is 0 Å². The van der Waals surface area contributed by atoms with E-state index in [0.29, 0.717) is 18.8 Å². The first-order valence-corrected chi connectivity index (χ1v) is 7.49. The molecule has 0 bridgehead atoms. The minimum absolute atomic E-state index is 0.130. The van der Waals surface area contributed by atoms with Gasteiger partial charge in [-0.2, -0.15) is 11.8 Å². The van der Waals surface area contributed by atoms with Crippen molar-refractivity contribution >= 4 is 23.6 Å². The van der Waals surface area contributed by atoms with Gasteiger partial charge in [-0.3, -0.25) is 4.79 Å². The van der Waals surface area contributed by atoms with Gasteiger partial charge in [0.05, 0.1) is 18.5 Å². The highest BCUT2D eigenvalue weighted by molar-refractivity contribution is 7.97. The first-order chi connectivity index (χ1) is 10.1. The molecule has 9 heteroatoms. The molecule has 0 unspecified atom stereocenters. The molecule has 0 spiro atoms. The van der Waals surface area contributed by atoms with E-state index in [1.807, 2.05) is 6.26 Å². The van der Waals surface area contributed by atoms with E-state index in [0.717, 1.165) is 5.76 Å². The molecule has 0 aliphatic carbocycles. The van der Waals surface area contributed by atoms with Gasteiger partial charge in [-0.1, -0.05) is 5.21 Å². The highest BCUT2D eigenvalue weighted by atomic mass is 32.2. The zero-order valence-corrected chi connectivity index (χ0v) is 12.1. The van der Waals surface area contributed by atoms with Crippen LogP contribution in [0, 0.1) is 0 Å². The molecule has 2 rings (SSSR count). The van der Waals surface area contributed by atoms with Crippen molar-refractivity contribution in [2.45, 2.75) is 12.3 Å². The molecule has 0 saturated heterocycles. The number of aromatic nitrogens is 3. The lowest BCUT2D eigenvalue weighted by atomic mass is 10.4. The molecule has 2 N–H and O–H groups in total. The minimum Gasteiger partial charge on any atom is -0.476 e. The molecule has 8 nitrogen and oxygen atoms in total. The number of thioether (sulfide) groups is 1. The molecule has 21 heavy (non-hydrogen) atoms. The number of carbonyl (C=O) groups is 2. The number of nitrogens with zero attached hydrogens (tertiary/aromatic N) is 3. The third-order valence-corrected chi connectivity index (χ3v) is 3.13. The minimum atomic E-state index is -1.14. The Morgan fingerprint density at radius 3 is 2.95 bits per heavy atom. The molecule has 2 aromatic heterocycles. The van der Waals surface area contributed by atoms with E-state index >= 15 is 0 Å². The van der Waals surface area contributed by atoms with Gasteiger partial charge in [0.1, 0.15) is 5.76 Å². The van der Waals surface area contributed by atoms with Crippen LogP contribution in [0.25, 0.3) is 0 Å². The molecule has 0 aliphatic rings. The summed E-state index contributed by atoms with van der Waals surface area (Å²) in [6, 6.07) is 3.39.